The number of ketones is 1. The Morgan fingerprint density at radius 2 is 1.95 bits per heavy atom. The van der Waals surface area contributed by atoms with Crippen LogP contribution in [-0.2, 0) is 27.9 Å². The summed E-state index contributed by atoms with van der Waals surface area (Å²) in [6, 6.07) is 13.8. The molecule has 12 heteroatoms. The van der Waals surface area contributed by atoms with Crippen molar-refractivity contribution < 1.29 is 22.4 Å². The van der Waals surface area contributed by atoms with E-state index in [-0.39, 0.29) is 43.5 Å². The van der Waals surface area contributed by atoms with Gasteiger partial charge in [-0.15, -0.1) is 0 Å². The second-order valence-corrected chi connectivity index (χ2v) is 13.1. The van der Waals surface area contributed by atoms with E-state index in [0.717, 1.165) is 15.4 Å². The lowest BCUT2D eigenvalue weighted by atomic mass is 10.1. The largest absolute Gasteiger partial charge is 0.324 e. The number of halogens is 2. The minimum atomic E-state index is -3.28. The third-order valence-electron chi connectivity index (χ3n) is 6.56. The third-order valence-corrected chi connectivity index (χ3v) is 8.16. The molecule has 4 rings (SSSR count). The molecule has 0 aliphatic carbocycles. The van der Waals surface area contributed by atoms with Gasteiger partial charge < -0.3 is 9.47 Å². The van der Waals surface area contributed by atoms with Crippen LogP contribution in [0.1, 0.15) is 33.6 Å². The van der Waals surface area contributed by atoms with Gasteiger partial charge in [-0.1, -0.05) is 12.1 Å². The van der Waals surface area contributed by atoms with Crippen molar-refractivity contribution in [3.05, 3.63) is 80.9 Å². The molecule has 1 aliphatic heterocycles. The molecule has 204 valence electrons. The fourth-order valence-corrected chi connectivity index (χ4v) is 5.99. The van der Waals surface area contributed by atoms with Gasteiger partial charge in [-0.25, -0.2) is 17.8 Å². The number of imidazole rings is 1. The lowest BCUT2D eigenvalue weighted by Gasteiger charge is -2.40. The first-order valence-corrected chi connectivity index (χ1v) is 15.3. The number of nitrogens with zero attached hydrogens (tertiary/aromatic N) is 5. The summed E-state index contributed by atoms with van der Waals surface area (Å²) >= 11 is 2.07. The molecule has 0 spiro atoms. The third kappa shape index (κ3) is 7.49. The summed E-state index contributed by atoms with van der Waals surface area (Å²) in [4.78, 5) is 34.0. The number of aromatic nitrogens is 2. The number of hydrogen-bond donors (Lipinski definition) is 0. The Morgan fingerprint density at radius 3 is 2.62 bits per heavy atom. The van der Waals surface area contributed by atoms with Gasteiger partial charge in [-0.3, -0.25) is 14.5 Å². The maximum Gasteiger partial charge on any atom is 0.241 e. The van der Waals surface area contributed by atoms with Crippen LogP contribution in [0.2, 0.25) is 0 Å². The zero-order valence-electron chi connectivity index (χ0n) is 21.3. The molecule has 1 saturated heterocycles. The number of amides is 1. The van der Waals surface area contributed by atoms with Gasteiger partial charge in [0.15, 0.2) is 5.78 Å². The number of hydrogen-bond acceptors (Lipinski definition) is 7. The van der Waals surface area contributed by atoms with Crippen molar-refractivity contribution in [3.63, 3.8) is 0 Å². The first kappa shape index (κ1) is 28.8. The predicted octanol–water partition coefficient (Wildman–Crippen LogP) is 3.21. The number of rotatable bonds is 10. The zero-order chi connectivity index (χ0) is 28.2. The SMILES string of the molecule is CS(=O)(=O)CC[C@H]1CN(c2cc(I)cc(CF)c2)C(=O)CN1CC(=O)c1cncn1Cc1ccc(C#N)cc1. The fourth-order valence-electron chi connectivity index (χ4n) is 4.57. The number of piperazine rings is 1. The summed E-state index contributed by atoms with van der Waals surface area (Å²) in [6.07, 6.45) is 4.42. The molecule has 0 saturated carbocycles. The minimum Gasteiger partial charge on any atom is -0.324 e. The van der Waals surface area contributed by atoms with Crippen LogP contribution in [0, 0.1) is 14.9 Å². The zero-order valence-corrected chi connectivity index (χ0v) is 24.2. The van der Waals surface area contributed by atoms with E-state index in [9.17, 15) is 22.4 Å². The van der Waals surface area contributed by atoms with Crippen molar-refractivity contribution in [2.75, 3.05) is 36.5 Å². The Morgan fingerprint density at radius 1 is 1.21 bits per heavy atom. The summed E-state index contributed by atoms with van der Waals surface area (Å²) in [6.45, 7) is -0.284. The molecule has 0 unspecified atom stereocenters. The van der Waals surface area contributed by atoms with Gasteiger partial charge in [0, 0.05) is 34.6 Å². The Hall–Kier alpha value is -3.15. The summed E-state index contributed by atoms with van der Waals surface area (Å²) in [5, 5.41) is 9.01. The smallest absolute Gasteiger partial charge is 0.241 e. The van der Waals surface area contributed by atoms with E-state index < -0.39 is 22.6 Å². The molecular formula is C27H27FIN5O4S. The number of benzene rings is 2. The van der Waals surface area contributed by atoms with E-state index in [1.807, 2.05) is 12.1 Å². The van der Waals surface area contributed by atoms with E-state index in [0.29, 0.717) is 29.1 Å². The molecule has 0 N–H and O–H groups in total. The van der Waals surface area contributed by atoms with Crippen LogP contribution in [0.5, 0.6) is 0 Å². The monoisotopic (exact) mass is 663 g/mol. The second kappa shape index (κ2) is 12.4. The first-order valence-electron chi connectivity index (χ1n) is 12.2. The van der Waals surface area contributed by atoms with Gasteiger partial charge in [0.05, 0.1) is 43.0 Å². The minimum absolute atomic E-state index is 0.0830. The van der Waals surface area contributed by atoms with Gasteiger partial charge in [0.2, 0.25) is 5.91 Å². The van der Waals surface area contributed by atoms with Crippen LogP contribution in [-0.4, -0.2) is 72.2 Å². The molecular weight excluding hydrogens is 636 g/mol. The number of carbonyl (C=O) groups excluding carboxylic acids is 2. The normalized spacial score (nSPS) is 16.3. The van der Waals surface area contributed by atoms with E-state index >= 15 is 0 Å². The molecule has 1 fully saturated rings. The molecule has 1 aliphatic rings. The number of carbonyl (C=O) groups is 2. The molecule has 39 heavy (non-hydrogen) atoms. The molecule has 3 aromatic rings. The van der Waals surface area contributed by atoms with E-state index in [1.54, 1.807) is 51.0 Å². The quantitative estimate of drug-likeness (QED) is 0.242. The van der Waals surface area contributed by atoms with Crippen molar-refractivity contribution in [1.29, 1.82) is 5.26 Å². The molecule has 1 atom stereocenters. The van der Waals surface area contributed by atoms with Gasteiger partial charge in [0.1, 0.15) is 22.2 Å². The number of anilines is 1. The standard InChI is InChI=1S/C27H27FIN5O4S/c1-39(37,38)7-6-23-15-34(24-9-21(11-28)8-22(29)10-24)27(36)17-32(23)16-26(35)25-13-31-18-33(25)14-20-4-2-19(12-30)3-5-20/h2-5,8-10,13,18,23H,6-7,11,14-17H2,1H3/t23-/m0/s1. The Labute approximate surface area is 240 Å². The van der Waals surface area contributed by atoms with Crippen LogP contribution >= 0.6 is 22.6 Å². The van der Waals surface area contributed by atoms with Crippen molar-refractivity contribution in [3.8, 4) is 6.07 Å². The highest BCUT2D eigenvalue weighted by Crippen LogP contribution is 2.26. The van der Waals surface area contributed by atoms with Crippen LogP contribution in [0.4, 0.5) is 10.1 Å². The molecule has 0 bridgehead atoms. The molecule has 9 nitrogen and oxygen atoms in total. The topological polar surface area (TPSA) is 116 Å². The highest BCUT2D eigenvalue weighted by Gasteiger charge is 2.35. The molecule has 2 heterocycles. The van der Waals surface area contributed by atoms with E-state index in [1.165, 1.54) is 6.20 Å². The van der Waals surface area contributed by atoms with Gasteiger partial charge >= 0.3 is 0 Å². The maximum absolute atomic E-state index is 13.4. The molecule has 0 radical (unpaired) electrons. The summed E-state index contributed by atoms with van der Waals surface area (Å²) < 4.78 is 39.8. The Kier molecular flexibility index (Phi) is 9.14. The Bertz CT molecular complexity index is 1520. The van der Waals surface area contributed by atoms with Crippen molar-refractivity contribution in [2.24, 2.45) is 0 Å². The summed E-state index contributed by atoms with van der Waals surface area (Å²) in [5.74, 6) is -0.597. The molecule has 1 amide bonds. The van der Waals surface area contributed by atoms with Crippen LogP contribution in [0.25, 0.3) is 0 Å². The Balaban J connectivity index is 1.54. The van der Waals surface area contributed by atoms with Gasteiger partial charge in [-0.2, -0.15) is 5.26 Å². The van der Waals surface area contributed by atoms with Gasteiger partial charge in [0.25, 0.3) is 0 Å². The molecule has 1 aromatic heterocycles. The molecule has 2 aromatic carbocycles. The maximum atomic E-state index is 13.4. The van der Waals surface area contributed by atoms with Crippen LogP contribution in [0.3, 0.4) is 0 Å². The van der Waals surface area contributed by atoms with Crippen molar-refractivity contribution >= 4 is 49.8 Å². The first-order chi connectivity index (χ1) is 18.6. The number of nitriles is 1. The second-order valence-electron chi connectivity index (χ2n) is 9.57. The number of sulfone groups is 1. The van der Waals surface area contributed by atoms with Gasteiger partial charge in [-0.05, 0) is 70.5 Å². The number of Topliss-reactive ketones (excluding diaryl/α,β-unsaturated/α-hetero) is 1. The van der Waals surface area contributed by atoms with E-state index in [4.69, 9.17) is 5.26 Å². The van der Waals surface area contributed by atoms with Crippen LogP contribution in [0.15, 0.2) is 55.0 Å². The van der Waals surface area contributed by atoms with E-state index in [2.05, 4.69) is 33.6 Å². The summed E-state index contributed by atoms with van der Waals surface area (Å²) in [5.41, 5.74) is 2.79. The predicted molar refractivity (Wildman–Crippen MR) is 153 cm³/mol. The fraction of sp³-hybridized carbons (Fsp3) is 0.333. The summed E-state index contributed by atoms with van der Waals surface area (Å²) in [7, 11) is -3.28. The number of alkyl halides is 1. The van der Waals surface area contributed by atoms with Crippen molar-refractivity contribution in [2.45, 2.75) is 25.7 Å². The lowest BCUT2D eigenvalue weighted by Crippen LogP contribution is -2.58. The van der Waals surface area contributed by atoms with Crippen LogP contribution < -0.4 is 4.90 Å². The highest BCUT2D eigenvalue weighted by molar-refractivity contribution is 14.1. The van der Waals surface area contributed by atoms with Crippen molar-refractivity contribution in [1.82, 2.24) is 14.5 Å². The average Bonchev–Trinajstić information content (AvgIpc) is 3.36. The average molecular weight is 664 g/mol. The lowest BCUT2D eigenvalue weighted by molar-refractivity contribution is -0.122. The highest BCUT2D eigenvalue weighted by atomic mass is 127.